The van der Waals surface area contributed by atoms with Gasteiger partial charge in [-0.2, -0.15) is 0 Å². The second-order valence-corrected chi connectivity index (χ2v) is 7.83. The highest BCUT2D eigenvalue weighted by atomic mass is 35.5. The summed E-state index contributed by atoms with van der Waals surface area (Å²) in [5, 5.41) is 3.19. The van der Waals surface area contributed by atoms with Crippen molar-refractivity contribution in [1.82, 2.24) is 9.80 Å². The normalized spacial score (nSPS) is 17.0. The predicted octanol–water partition coefficient (Wildman–Crippen LogP) is 3.79. The van der Waals surface area contributed by atoms with E-state index < -0.39 is 0 Å². The van der Waals surface area contributed by atoms with Gasteiger partial charge in [-0.05, 0) is 49.2 Å². The molecular weight excluding hydrogens is 393 g/mol. The maximum Gasteiger partial charge on any atom is 0.244 e. The van der Waals surface area contributed by atoms with Gasteiger partial charge in [0.2, 0.25) is 11.8 Å². The Kier molecular flexibility index (Phi) is 7.23. The topological polar surface area (TPSA) is 52.7 Å². The maximum atomic E-state index is 13.4. The highest BCUT2D eigenvalue weighted by molar-refractivity contribution is 6.33. The van der Waals surface area contributed by atoms with Crippen molar-refractivity contribution in [3.63, 3.8) is 0 Å². The second-order valence-electron chi connectivity index (χ2n) is 7.43. The largest absolute Gasteiger partial charge is 0.336 e. The van der Waals surface area contributed by atoms with Crippen molar-refractivity contribution in [3.8, 4) is 0 Å². The van der Waals surface area contributed by atoms with Crippen LogP contribution < -0.4 is 5.32 Å². The lowest BCUT2D eigenvalue weighted by atomic mass is 9.96. The number of hydrogen-bond donors (Lipinski definition) is 1. The van der Waals surface area contributed by atoms with Crippen LogP contribution in [0.1, 0.15) is 18.4 Å². The molecule has 1 aliphatic heterocycles. The van der Waals surface area contributed by atoms with E-state index in [1.807, 2.05) is 6.07 Å². The van der Waals surface area contributed by atoms with Crippen LogP contribution in [0.25, 0.3) is 0 Å². The van der Waals surface area contributed by atoms with Gasteiger partial charge in [-0.1, -0.05) is 35.9 Å². The van der Waals surface area contributed by atoms with E-state index in [0.29, 0.717) is 23.8 Å². The number of hydrogen-bond acceptors (Lipinski definition) is 3. The summed E-state index contributed by atoms with van der Waals surface area (Å²) in [5.74, 6) is -0.767. The van der Waals surface area contributed by atoms with E-state index in [0.717, 1.165) is 24.9 Å². The zero-order valence-corrected chi connectivity index (χ0v) is 17.2. The van der Waals surface area contributed by atoms with Gasteiger partial charge in [-0.3, -0.25) is 14.5 Å². The molecule has 2 amide bonds. The molecule has 3 rings (SSSR count). The number of nitrogens with zero attached hydrogens (tertiary/aromatic N) is 2. The molecule has 2 aromatic rings. The Labute approximate surface area is 175 Å². The lowest BCUT2D eigenvalue weighted by molar-refractivity contribution is -0.138. The Hall–Kier alpha value is -2.44. The third-order valence-corrected chi connectivity index (χ3v) is 5.38. The van der Waals surface area contributed by atoms with Crippen molar-refractivity contribution in [3.05, 3.63) is 64.9 Å². The fraction of sp³-hybridized carbons (Fsp3) is 0.364. The summed E-state index contributed by atoms with van der Waals surface area (Å²) in [6, 6.07) is 13.5. The summed E-state index contributed by atoms with van der Waals surface area (Å²) in [5.41, 5.74) is 1.42. The fourth-order valence-corrected chi connectivity index (χ4v) is 3.83. The highest BCUT2D eigenvalue weighted by Crippen LogP contribution is 2.22. The van der Waals surface area contributed by atoms with Crippen molar-refractivity contribution in [1.29, 1.82) is 0 Å². The number of nitrogens with one attached hydrogen (secondary N) is 1. The van der Waals surface area contributed by atoms with Crippen LogP contribution in [-0.4, -0.2) is 48.3 Å². The number of halogens is 2. The molecule has 7 heteroatoms. The minimum absolute atomic E-state index is 0.0372. The number of benzene rings is 2. The van der Waals surface area contributed by atoms with Gasteiger partial charge in [0.1, 0.15) is 5.82 Å². The zero-order chi connectivity index (χ0) is 20.8. The molecule has 0 spiro atoms. The first-order chi connectivity index (χ1) is 13.9. The number of rotatable bonds is 6. The van der Waals surface area contributed by atoms with Gasteiger partial charge in [0.25, 0.3) is 0 Å². The van der Waals surface area contributed by atoms with Crippen molar-refractivity contribution in [2.24, 2.45) is 5.92 Å². The van der Waals surface area contributed by atoms with E-state index in [1.165, 1.54) is 17.0 Å². The lowest BCUT2D eigenvalue weighted by Crippen LogP contribution is -2.45. The van der Waals surface area contributed by atoms with Crippen molar-refractivity contribution in [2.75, 3.05) is 32.0 Å². The minimum Gasteiger partial charge on any atom is -0.336 e. The van der Waals surface area contributed by atoms with Gasteiger partial charge in [0.05, 0.1) is 23.2 Å². The van der Waals surface area contributed by atoms with Gasteiger partial charge >= 0.3 is 0 Å². The summed E-state index contributed by atoms with van der Waals surface area (Å²) < 4.78 is 13.4. The van der Waals surface area contributed by atoms with Gasteiger partial charge in [-0.15, -0.1) is 0 Å². The predicted molar refractivity (Wildman–Crippen MR) is 112 cm³/mol. The molecule has 0 aromatic heterocycles. The van der Waals surface area contributed by atoms with Crippen LogP contribution in [0.15, 0.2) is 48.5 Å². The van der Waals surface area contributed by atoms with Crippen LogP contribution in [0.4, 0.5) is 10.1 Å². The van der Waals surface area contributed by atoms with E-state index in [2.05, 4.69) is 10.2 Å². The highest BCUT2D eigenvalue weighted by Gasteiger charge is 2.28. The van der Waals surface area contributed by atoms with Crippen LogP contribution in [-0.2, 0) is 16.1 Å². The molecule has 1 aliphatic rings. The Bertz CT molecular complexity index is 877. The Morgan fingerprint density at radius 1 is 1.24 bits per heavy atom. The molecule has 5 nitrogen and oxygen atoms in total. The molecule has 0 bridgehead atoms. The van der Waals surface area contributed by atoms with Crippen LogP contribution in [0.5, 0.6) is 0 Å². The van der Waals surface area contributed by atoms with E-state index in [1.54, 1.807) is 37.4 Å². The molecule has 0 radical (unpaired) electrons. The lowest BCUT2D eigenvalue weighted by Gasteiger charge is -2.33. The number of likely N-dealkylation sites (N-methyl/N-ethyl adjacent to an activating group) is 1. The molecule has 29 heavy (non-hydrogen) atoms. The van der Waals surface area contributed by atoms with E-state index >= 15 is 0 Å². The fourth-order valence-electron chi connectivity index (χ4n) is 3.65. The number of piperidine rings is 1. The number of carbonyl (C=O) groups excluding carboxylic acids is 2. The number of likely N-dealkylation sites (tertiary alicyclic amines) is 1. The monoisotopic (exact) mass is 417 g/mol. The first kappa shape index (κ1) is 21.3. The second kappa shape index (κ2) is 9.85. The molecule has 0 saturated carbocycles. The van der Waals surface area contributed by atoms with Gasteiger partial charge in [-0.25, -0.2) is 4.39 Å². The summed E-state index contributed by atoms with van der Waals surface area (Å²) in [4.78, 5) is 28.8. The van der Waals surface area contributed by atoms with Crippen molar-refractivity contribution >= 4 is 29.1 Å². The van der Waals surface area contributed by atoms with Gasteiger partial charge in [0, 0.05) is 20.1 Å². The van der Waals surface area contributed by atoms with E-state index in [4.69, 9.17) is 11.6 Å². The SMILES string of the molecule is CN(CC(=O)Nc1ccccc1Cl)C(=O)C1CCCN(Cc2cccc(F)c2)C1. The van der Waals surface area contributed by atoms with E-state index in [9.17, 15) is 14.0 Å². The smallest absolute Gasteiger partial charge is 0.244 e. The Morgan fingerprint density at radius 3 is 2.79 bits per heavy atom. The van der Waals surface area contributed by atoms with E-state index in [-0.39, 0.29) is 30.1 Å². The van der Waals surface area contributed by atoms with Crippen LogP contribution >= 0.6 is 11.6 Å². The summed E-state index contributed by atoms with van der Waals surface area (Å²) in [6.07, 6.45) is 1.68. The number of anilines is 1. The zero-order valence-electron chi connectivity index (χ0n) is 16.4. The van der Waals surface area contributed by atoms with Crippen molar-refractivity contribution in [2.45, 2.75) is 19.4 Å². The number of carbonyl (C=O) groups is 2. The molecule has 2 aromatic carbocycles. The average Bonchev–Trinajstić information content (AvgIpc) is 2.69. The van der Waals surface area contributed by atoms with Crippen LogP contribution in [0, 0.1) is 11.7 Å². The van der Waals surface area contributed by atoms with Crippen LogP contribution in [0.3, 0.4) is 0 Å². The Balaban J connectivity index is 1.53. The molecule has 1 N–H and O–H groups in total. The average molecular weight is 418 g/mol. The molecule has 1 atom stereocenters. The third kappa shape index (κ3) is 6.02. The van der Waals surface area contributed by atoms with Crippen molar-refractivity contribution < 1.29 is 14.0 Å². The first-order valence-electron chi connectivity index (χ1n) is 9.68. The molecule has 1 fully saturated rings. The number of para-hydroxylation sites is 1. The van der Waals surface area contributed by atoms with Gasteiger partial charge < -0.3 is 10.2 Å². The molecule has 0 aliphatic carbocycles. The summed E-state index contributed by atoms with van der Waals surface area (Å²) in [6.45, 7) is 2.05. The maximum absolute atomic E-state index is 13.4. The number of amides is 2. The molecular formula is C22H25ClFN3O2. The molecule has 154 valence electrons. The quantitative estimate of drug-likeness (QED) is 0.778. The Morgan fingerprint density at radius 2 is 2.03 bits per heavy atom. The standard InChI is InChI=1S/C22H25ClFN3O2/c1-26(15-21(28)25-20-10-3-2-9-19(20)23)22(29)17-7-5-11-27(14-17)13-16-6-4-8-18(24)12-16/h2-4,6,8-10,12,17H,5,7,11,13-15H2,1H3,(H,25,28). The summed E-state index contributed by atoms with van der Waals surface area (Å²) in [7, 11) is 1.64. The molecule has 1 saturated heterocycles. The van der Waals surface area contributed by atoms with Gasteiger partial charge in [0.15, 0.2) is 0 Å². The third-order valence-electron chi connectivity index (χ3n) is 5.05. The van der Waals surface area contributed by atoms with Crippen LogP contribution in [0.2, 0.25) is 5.02 Å². The molecule has 1 unspecified atom stereocenters. The minimum atomic E-state index is -0.290. The summed E-state index contributed by atoms with van der Waals surface area (Å²) >= 11 is 6.06. The first-order valence-corrected chi connectivity index (χ1v) is 10.1. The molecule has 1 heterocycles.